The molecule has 0 radical (unpaired) electrons. The summed E-state index contributed by atoms with van der Waals surface area (Å²) < 4.78 is 4.67. The number of fused-ring (bicyclic) bond motifs is 1. The van der Waals surface area contributed by atoms with Crippen LogP contribution in [0.1, 0.15) is 39.4 Å². The molecule has 2 aromatic rings. The van der Waals surface area contributed by atoms with Gasteiger partial charge in [0.1, 0.15) is 5.82 Å². The SMILES string of the molecule is CCCn1c(CN2C[C@@H](C)C[C@H](C)C2)nc2c1c(=O)n(C)c(=O)n2C. The van der Waals surface area contributed by atoms with Crippen LogP contribution in [0.5, 0.6) is 0 Å². The molecule has 7 nitrogen and oxygen atoms in total. The van der Waals surface area contributed by atoms with Gasteiger partial charge in [0, 0.05) is 33.7 Å². The van der Waals surface area contributed by atoms with E-state index in [4.69, 9.17) is 4.98 Å². The Labute approximate surface area is 147 Å². The topological polar surface area (TPSA) is 65.1 Å². The lowest BCUT2D eigenvalue weighted by Crippen LogP contribution is -2.39. The van der Waals surface area contributed by atoms with E-state index in [0.717, 1.165) is 38.4 Å². The van der Waals surface area contributed by atoms with Crippen molar-refractivity contribution in [2.45, 2.75) is 46.7 Å². The van der Waals surface area contributed by atoms with Crippen LogP contribution in [0.15, 0.2) is 9.59 Å². The smallest absolute Gasteiger partial charge is 0.321 e. The summed E-state index contributed by atoms with van der Waals surface area (Å²) in [5.74, 6) is 2.23. The quantitative estimate of drug-likeness (QED) is 0.837. The van der Waals surface area contributed by atoms with Crippen molar-refractivity contribution in [1.29, 1.82) is 0 Å². The lowest BCUT2D eigenvalue weighted by Gasteiger charge is -2.34. The van der Waals surface area contributed by atoms with Gasteiger partial charge in [-0.2, -0.15) is 0 Å². The Bertz CT molecular complexity index is 881. The van der Waals surface area contributed by atoms with Crippen molar-refractivity contribution in [2.75, 3.05) is 13.1 Å². The summed E-state index contributed by atoms with van der Waals surface area (Å²) in [6, 6.07) is 0. The van der Waals surface area contributed by atoms with Crippen molar-refractivity contribution < 1.29 is 0 Å². The van der Waals surface area contributed by atoms with Crippen LogP contribution in [0.25, 0.3) is 11.2 Å². The lowest BCUT2D eigenvalue weighted by atomic mass is 9.92. The summed E-state index contributed by atoms with van der Waals surface area (Å²) in [4.78, 5) is 32.0. The number of piperidine rings is 1. The minimum Gasteiger partial charge on any atom is -0.321 e. The predicted molar refractivity (Wildman–Crippen MR) is 98.7 cm³/mol. The molecule has 0 N–H and O–H groups in total. The fourth-order valence-electron chi connectivity index (χ4n) is 4.20. The normalized spacial score (nSPS) is 22.0. The van der Waals surface area contributed by atoms with Crippen LogP contribution in [-0.2, 0) is 27.2 Å². The summed E-state index contributed by atoms with van der Waals surface area (Å²) in [7, 11) is 3.21. The molecular formula is C18H29N5O2. The van der Waals surface area contributed by atoms with E-state index in [1.165, 1.54) is 22.6 Å². The summed E-state index contributed by atoms with van der Waals surface area (Å²) >= 11 is 0. The molecule has 138 valence electrons. The zero-order valence-corrected chi connectivity index (χ0v) is 15.9. The molecule has 0 bridgehead atoms. The maximum absolute atomic E-state index is 12.7. The van der Waals surface area contributed by atoms with Gasteiger partial charge in [-0.1, -0.05) is 20.8 Å². The molecule has 3 heterocycles. The Balaban J connectivity index is 2.10. The second-order valence-electron chi connectivity index (χ2n) is 7.70. The third kappa shape index (κ3) is 3.17. The zero-order chi connectivity index (χ0) is 18.3. The molecule has 7 heteroatoms. The molecule has 0 aliphatic carbocycles. The van der Waals surface area contributed by atoms with Crippen molar-refractivity contribution in [3.8, 4) is 0 Å². The van der Waals surface area contributed by atoms with Crippen LogP contribution in [0.3, 0.4) is 0 Å². The van der Waals surface area contributed by atoms with Gasteiger partial charge in [-0.15, -0.1) is 0 Å². The van der Waals surface area contributed by atoms with Gasteiger partial charge in [0.25, 0.3) is 5.56 Å². The molecule has 2 atom stereocenters. The Morgan fingerprint density at radius 1 is 1.08 bits per heavy atom. The molecule has 1 aliphatic heterocycles. The summed E-state index contributed by atoms with van der Waals surface area (Å²) in [6.07, 6.45) is 2.17. The van der Waals surface area contributed by atoms with E-state index in [0.29, 0.717) is 23.0 Å². The first-order chi connectivity index (χ1) is 11.8. The molecule has 0 saturated carbocycles. The van der Waals surface area contributed by atoms with Crippen LogP contribution in [0, 0.1) is 11.8 Å². The maximum atomic E-state index is 12.7. The van der Waals surface area contributed by atoms with Gasteiger partial charge in [-0.25, -0.2) is 9.78 Å². The van der Waals surface area contributed by atoms with Gasteiger partial charge < -0.3 is 4.57 Å². The number of hydrogen-bond acceptors (Lipinski definition) is 4. The number of nitrogens with zero attached hydrogens (tertiary/aromatic N) is 5. The van der Waals surface area contributed by atoms with E-state index in [9.17, 15) is 9.59 Å². The van der Waals surface area contributed by atoms with E-state index < -0.39 is 0 Å². The molecule has 1 saturated heterocycles. The fraction of sp³-hybridized carbons (Fsp3) is 0.722. The van der Waals surface area contributed by atoms with Crippen LogP contribution in [-0.4, -0.2) is 36.7 Å². The minimum absolute atomic E-state index is 0.259. The fourth-order valence-corrected chi connectivity index (χ4v) is 4.20. The first-order valence-electron chi connectivity index (χ1n) is 9.20. The number of rotatable bonds is 4. The van der Waals surface area contributed by atoms with E-state index in [1.807, 2.05) is 4.57 Å². The molecule has 0 aromatic carbocycles. The number of likely N-dealkylation sites (tertiary alicyclic amines) is 1. The first-order valence-corrected chi connectivity index (χ1v) is 9.20. The highest BCUT2D eigenvalue weighted by molar-refractivity contribution is 5.71. The summed E-state index contributed by atoms with van der Waals surface area (Å²) in [5.41, 5.74) is 0.449. The third-order valence-corrected chi connectivity index (χ3v) is 5.18. The third-order valence-electron chi connectivity index (χ3n) is 5.18. The Hall–Kier alpha value is -1.89. The average molecular weight is 347 g/mol. The highest BCUT2D eigenvalue weighted by Crippen LogP contribution is 2.23. The molecule has 1 fully saturated rings. The van der Waals surface area contributed by atoms with Gasteiger partial charge in [-0.05, 0) is 24.7 Å². The molecule has 2 aromatic heterocycles. The molecule has 1 aliphatic rings. The Morgan fingerprint density at radius 3 is 2.32 bits per heavy atom. The van der Waals surface area contributed by atoms with Crippen molar-refractivity contribution in [3.05, 3.63) is 26.7 Å². The number of aryl methyl sites for hydroxylation is 2. The lowest BCUT2D eigenvalue weighted by molar-refractivity contribution is 0.130. The van der Waals surface area contributed by atoms with Crippen LogP contribution in [0.4, 0.5) is 0 Å². The largest absolute Gasteiger partial charge is 0.332 e. The van der Waals surface area contributed by atoms with Crippen molar-refractivity contribution in [1.82, 2.24) is 23.6 Å². The van der Waals surface area contributed by atoms with Crippen molar-refractivity contribution in [2.24, 2.45) is 25.9 Å². The van der Waals surface area contributed by atoms with Gasteiger partial charge in [0.2, 0.25) is 0 Å². The average Bonchev–Trinajstić information content (AvgIpc) is 2.89. The molecule has 0 amide bonds. The molecule has 0 spiro atoms. The van der Waals surface area contributed by atoms with Crippen LogP contribution < -0.4 is 11.2 Å². The van der Waals surface area contributed by atoms with Gasteiger partial charge in [0.05, 0.1) is 6.54 Å². The van der Waals surface area contributed by atoms with Crippen LogP contribution >= 0.6 is 0 Å². The summed E-state index contributed by atoms with van der Waals surface area (Å²) in [5, 5.41) is 0. The highest BCUT2D eigenvalue weighted by Gasteiger charge is 2.25. The van der Waals surface area contributed by atoms with E-state index in [-0.39, 0.29) is 11.2 Å². The molecular weight excluding hydrogens is 318 g/mol. The Kier molecular flexibility index (Phi) is 4.86. The Morgan fingerprint density at radius 2 is 1.72 bits per heavy atom. The zero-order valence-electron chi connectivity index (χ0n) is 15.9. The van der Waals surface area contributed by atoms with Crippen molar-refractivity contribution in [3.63, 3.8) is 0 Å². The van der Waals surface area contributed by atoms with Crippen molar-refractivity contribution >= 4 is 11.2 Å². The first kappa shape index (κ1) is 17.9. The minimum atomic E-state index is -0.328. The number of imidazole rings is 1. The van der Waals surface area contributed by atoms with Crippen LogP contribution in [0.2, 0.25) is 0 Å². The number of aromatic nitrogens is 4. The van der Waals surface area contributed by atoms with E-state index in [2.05, 4.69) is 25.7 Å². The maximum Gasteiger partial charge on any atom is 0.332 e. The van der Waals surface area contributed by atoms with Gasteiger partial charge >= 0.3 is 5.69 Å². The standard InChI is InChI=1S/C18H29N5O2/c1-6-7-23-14(11-22-9-12(2)8-13(3)10-22)19-16-15(23)17(24)21(5)18(25)20(16)4/h12-13H,6-11H2,1-5H3/t12-,13-/m0/s1. The second-order valence-corrected chi connectivity index (χ2v) is 7.70. The molecule has 25 heavy (non-hydrogen) atoms. The van der Waals surface area contributed by atoms with Gasteiger partial charge in [-0.3, -0.25) is 18.8 Å². The van der Waals surface area contributed by atoms with E-state index in [1.54, 1.807) is 7.05 Å². The van der Waals surface area contributed by atoms with E-state index >= 15 is 0 Å². The predicted octanol–water partition coefficient (Wildman–Crippen LogP) is 1.32. The monoisotopic (exact) mass is 347 g/mol. The number of hydrogen-bond donors (Lipinski definition) is 0. The summed E-state index contributed by atoms with van der Waals surface area (Å²) in [6.45, 7) is 10.2. The second kappa shape index (κ2) is 6.78. The van der Waals surface area contributed by atoms with Gasteiger partial charge in [0.15, 0.2) is 11.2 Å². The molecule has 3 rings (SSSR count). The highest BCUT2D eigenvalue weighted by atomic mass is 16.2. The molecule has 0 unspecified atom stereocenters.